The number of aromatic amines is 1. The van der Waals surface area contributed by atoms with E-state index in [2.05, 4.69) is 20.7 Å². The first-order valence-corrected chi connectivity index (χ1v) is 8.18. The fourth-order valence-electron chi connectivity index (χ4n) is 2.40. The van der Waals surface area contributed by atoms with Gasteiger partial charge in [0.2, 0.25) is 0 Å². The Morgan fingerprint density at radius 3 is 2.46 bits per heavy atom. The van der Waals surface area contributed by atoms with Crippen molar-refractivity contribution < 1.29 is 9.53 Å². The molecule has 0 aliphatic rings. The Morgan fingerprint density at radius 1 is 1.12 bits per heavy atom. The molecule has 6 nitrogen and oxygen atoms in total. The van der Waals surface area contributed by atoms with E-state index in [-0.39, 0.29) is 5.91 Å². The van der Waals surface area contributed by atoms with Gasteiger partial charge in [-0.05, 0) is 49.7 Å². The molecule has 0 saturated carbocycles. The summed E-state index contributed by atoms with van der Waals surface area (Å²) in [7, 11) is 1.62. The maximum absolute atomic E-state index is 12.3. The van der Waals surface area contributed by atoms with E-state index < -0.39 is 0 Å². The number of aryl methyl sites for hydroxylation is 1. The molecular weight excluding hydrogens is 328 g/mol. The van der Waals surface area contributed by atoms with E-state index in [0.29, 0.717) is 11.4 Å². The Bertz CT molecular complexity index is 925. The number of methoxy groups -OCH3 is 1. The Hall–Kier alpha value is -3.41. The van der Waals surface area contributed by atoms with Crippen LogP contribution in [0.15, 0.2) is 59.7 Å². The number of benzene rings is 2. The van der Waals surface area contributed by atoms with Gasteiger partial charge in [0.25, 0.3) is 5.91 Å². The van der Waals surface area contributed by atoms with Crippen LogP contribution in [-0.4, -0.2) is 28.9 Å². The van der Waals surface area contributed by atoms with Crippen LogP contribution in [0.2, 0.25) is 0 Å². The van der Waals surface area contributed by atoms with Crippen molar-refractivity contribution in [2.45, 2.75) is 13.8 Å². The van der Waals surface area contributed by atoms with Gasteiger partial charge in [-0.2, -0.15) is 10.2 Å². The van der Waals surface area contributed by atoms with Crippen molar-refractivity contribution in [3.05, 3.63) is 71.4 Å². The number of hydrazone groups is 1. The standard InChI is InChI=1S/C20H20N4O2/c1-13-4-6-15(7-5-13)14(2)21-24-20(25)19-12-18(22-23-19)16-8-10-17(26-3)11-9-16/h4-12H,1-3H3,(H,22,23)(H,24,25)/b21-14-. The van der Waals surface area contributed by atoms with Crippen LogP contribution in [0.1, 0.15) is 28.5 Å². The molecular formula is C20H20N4O2. The lowest BCUT2D eigenvalue weighted by atomic mass is 10.1. The molecule has 6 heteroatoms. The first-order chi connectivity index (χ1) is 12.6. The van der Waals surface area contributed by atoms with Gasteiger partial charge >= 0.3 is 0 Å². The summed E-state index contributed by atoms with van der Waals surface area (Å²) in [5.74, 6) is 0.423. The van der Waals surface area contributed by atoms with Gasteiger partial charge in [-0.1, -0.05) is 29.8 Å². The average Bonchev–Trinajstić information content (AvgIpc) is 3.17. The SMILES string of the molecule is COc1ccc(-c2cc(C(=O)N/N=C(/C)c3ccc(C)cc3)[nH]n2)cc1. The largest absolute Gasteiger partial charge is 0.497 e. The van der Waals surface area contributed by atoms with E-state index in [1.54, 1.807) is 13.2 Å². The minimum Gasteiger partial charge on any atom is -0.497 e. The Labute approximate surface area is 151 Å². The number of nitrogens with zero attached hydrogens (tertiary/aromatic N) is 2. The second kappa shape index (κ2) is 7.65. The van der Waals surface area contributed by atoms with Crippen LogP contribution in [0, 0.1) is 6.92 Å². The highest BCUT2D eigenvalue weighted by Gasteiger charge is 2.11. The topological polar surface area (TPSA) is 79.4 Å². The Balaban J connectivity index is 1.69. The summed E-state index contributed by atoms with van der Waals surface area (Å²) in [4.78, 5) is 12.3. The molecule has 26 heavy (non-hydrogen) atoms. The predicted molar refractivity (Wildman–Crippen MR) is 101 cm³/mol. The second-order valence-electron chi connectivity index (χ2n) is 5.90. The van der Waals surface area contributed by atoms with E-state index in [0.717, 1.165) is 22.6 Å². The number of ether oxygens (including phenoxy) is 1. The normalized spacial score (nSPS) is 11.3. The van der Waals surface area contributed by atoms with E-state index in [9.17, 15) is 4.79 Å². The molecule has 2 aromatic carbocycles. The molecule has 0 saturated heterocycles. The molecule has 0 bridgehead atoms. The van der Waals surface area contributed by atoms with Gasteiger partial charge in [0.05, 0.1) is 18.5 Å². The summed E-state index contributed by atoms with van der Waals surface area (Å²) < 4.78 is 5.14. The third-order valence-corrected chi connectivity index (χ3v) is 4.00. The summed E-state index contributed by atoms with van der Waals surface area (Å²) in [6, 6.07) is 17.1. The minimum absolute atomic E-state index is 0.344. The van der Waals surface area contributed by atoms with Crippen LogP contribution in [0.3, 0.4) is 0 Å². The van der Waals surface area contributed by atoms with Crippen LogP contribution in [0.5, 0.6) is 5.75 Å². The molecule has 3 aromatic rings. The number of hydrogen-bond acceptors (Lipinski definition) is 4. The minimum atomic E-state index is -0.344. The van der Waals surface area contributed by atoms with Crippen molar-refractivity contribution in [3.8, 4) is 17.0 Å². The van der Waals surface area contributed by atoms with Gasteiger partial charge in [0, 0.05) is 5.56 Å². The highest BCUT2D eigenvalue weighted by molar-refractivity contribution is 6.00. The number of aromatic nitrogens is 2. The zero-order chi connectivity index (χ0) is 18.5. The molecule has 0 unspecified atom stereocenters. The number of nitrogens with one attached hydrogen (secondary N) is 2. The Kier molecular flexibility index (Phi) is 5.12. The van der Waals surface area contributed by atoms with Crippen LogP contribution >= 0.6 is 0 Å². The molecule has 132 valence electrons. The number of carbonyl (C=O) groups is 1. The summed E-state index contributed by atoms with van der Waals surface area (Å²) in [6.45, 7) is 3.87. The zero-order valence-corrected chi connectivity index (χ0v) is 14.9. The lowest BCUT2D eigenvalue weighted by molar-refractivity contribution is 0.0950. The van der Waals surface area contributed by atoms with Crippen molar-refractivity contribution in [2.75, 3.05) is 7.11 Å². The number of H-pyrrole nitrogens is 1. The molecule has 1 aromatic heterocycles. The van der Waals surface area contributed by atoms with Crippen molar-refractivity contribution >= 4 is 11.6 Å². The molecule has 2 N–H and O–H groups in total. The smallest absolute Gasteiger partial charge is 0.289 e. The molecule has 0 aliphatic heterocycles. The van der Waals surface area contributed by atoms with Gasteiger partial charge in [-0.25, -0.2) is 5.43 Å². The molecule has 0 aliphatic carbocycles. The number of hydrogen-bond donors (Lipinski definition) is 2. The summed E-state index contributed by atoms with van der Waals surface area (Å²) in [6.07, 6.45) is 0. The summed E-state index contributed by atoms with van der Waals surface area (Å²) in [5.41, 5.74) is 7.33. The van der Waals surface area contributed by atoms with Gasteiger partial charge < -0.3 is 4.74 Å². The van der Waals surface area contributed by atoms with Crippen LogP contribution in [0.25, 0.3) is 11.3 Å². The predicted octanol–water partition coefficient (Wildman–Crippen LogP) is 3.55. The molecule has 0 radical (unpaired) electrons. The maximum Gasteiger partial charge on any atom is 0.289 e. The van der Waals surface area contributed by atoms with E-state index >= 15 is 0 Å². The molecule has 3 rings (SSSR count). The van der Waals surface area contributed by atoms with Gasteiger partial charge in [0.15, 0.2) is 0 Å². The zero-order valence-electron chi connectivity index (χ0n) is 14.9. The highest BCUT2D eigenvalue weighted by atomic mass is 16.5. The van der Waals surface area contributed by atoms with E-state index in [1.807, 2.05) is 62.4 Å². The molecule has 1 heterocycles. The molecule has 1 amide bonds. The first-order valence-electron chi connectivity index (χ1n) is 8.18. The third kappa shape index (κ3) is 3.97. The number of amides is 1. The lowest BCUT2D eigenvalue weighted by Crippen LogP contribution is -2.19. The van der Waals surface area contributed by atoms with E-state index in [1.165, 1.54) is 5.56 Å². The van der Waals surface area contributed by atoms with Gasteiger partial charge in [0.1, 0.15) is 11.4 Å². The van der Waals surface area contributed by atoms with Crippen molar-refractivity contribution in [3.63, 3.8) is 0 Å². The Morgan fingerprint density at radius 2 is 1.81 bits per heavy atom. The fourth-order valence-corrected chi connectivity index (χ4v) is 2.40. The molecule has 0 atom stereocenters. The summed E-state index contributed by atoms with van der Waals surface area (Å²) >= 11 is 0. The van der Waals surface area contributed by atoms with Crippen molar-refractivity contribution in [1.29, 1.82) is 0 Å². The van der Waals surface area contributed by atoms with Crippen LogP contribution < -0.4 is 10.2 Å². The molecule has 0 spiro atoms. The quantitative estimate of drug-likeness (QED) is 0.547. The third-order valence-electron chi connectivity index (χ3n) is 4.00. The molecule has 0 fully saturated rings. The number of carbonyl (C=O) groups excluding carboxylic acids is 1. The highest BCUT2D eigenvalue weighted by Crippen LogP contribution is 2.21. The summed E-state index contributed by atoms with van der Waals surface area (Å²) in [5, 5.41) is 11.1. The first kappa shape index (κ1) is 17.4. The lowest BCUT2D eigenvalue weighted by Gasteiger charge is -2.02. The van der Waals surface area contributed by atoms with Gasteiger partial charge in [-0.3, -0.25) is 9.89 Å². The monoisotopic (exact) mass is 348 g/mol. The van der Waals surface area contributed by atoms with Crippen LogP contribution in [-0.2, 0) is 0 Å². The van der Waals surface area contributed by atoms with Crippen molar-refractivity contribution in [1.82, 2.24) is 15.6 Å². The van der Waals surface area contributed by atoms with Crippen molar-refractivity contribution in [2.24, 2.45) is 5.10 Å². The number of rotatable bonds is 5. The second-order valence-corrected chi connectivity index (χ2v) is 5.90. The van der Waals surface area contributed by atoms with Gasteiger partial charge in [-0.15, -0.1) is 0 Å². The van der Waals surface area contributed by atoms with E-state index in [4.69, 9.17) is 4.74 Å². The fraction of sp³-hybridized carbons (Fsp3) is 0.150. The maximum atomic E-state index is 12.3. The van der Waals surface area contributed by atoms with Crippen LogP contribution in [0.4, 0.5) is 0 Å². The average molecular weight is 348 g/mol.